The average Bonchev–Trinajstić information content (AvgIpc) is 2.83. The summed E-state index contributed by atoms with van der Waals surface area (Å²) in [6.45, 7) is 2.95. The van der Waals surface area contributed by atoms with E-state index in [4.69, 9.17) is 22.2 Å². The first-order valence-corrected chi connectivity index (χ1v) is 11.0. The van der Waals surface area contributed by atoms with Gasteiger partial charge in [-0.1, -0.05) is 36.7 Å². The SMILES string of the molecule is CCCONC(=O)c1ccc(-c2ccc(N)c(NCc3ccc4ncccc4c3)n2)cc1Cl. The van der Waals surface area contributed by atoms with Crippen LogP contribution in [0.4, 0.5) is 11.5 Å². The summed E-state index contributed by atoms with van der Waals surface area (Å²) in [5.41, 5.74) is 12.9. The Balaban J connectivity index is 1.50. The number of fused-ring (bicyclic) bond motifs is 1. The number of anilines is 2. The minimum Gasteiger partial charge on any atom is -0.396 e. The highest BCUT2D eigenvalue weighted by Gasteiger charge is 2.13. The van der Waals surface area contributed by atoms with Crippen LogP contribution >= 0.6 is 11.6 Å². The number of benzene rings is 2. The number of nitrogens with two attached hydrogens (primary N) is 1. The van der Waals surface area contributed by atoms with Gasteiger partial charge in [-0.05, 0) is 54.4 Å². The molecular formula is C25H24ClN5O2. The molecule has 2 aromatic heterocycles. The highest BCUT2D eigenvalue weighted by Crippen LogP contribution is 2.28. The molecule has 0 fully saturated rings. The second-order valence-corrected chi connectivity index (χ2v) is 7.90. The smallest absolute Gasteiger partial charge is 0.276 e. The van der Waals surface area contributed by atoms with Crippen molar-refractivity contribution in [3.63, 3.8) is 0 Å². The number of hydrogen-bond acceptors (Lipinski definition) is 6. The number of carbonyl (C=O) groups excluding carboxylic acids is 1. The largest absolute Gasteiger partial charge is 0.396 e. The molecule has 0 atom stereocenters. The summed E-state index contributed by atoms with van der Waals surface area (Å²) < 4.78 is 0. The van der Waals surface area contributed by atoms with E-state index in [1.165, 1.54) is 0 Å². The predicted molar refractivity (Wildman–Crippen MR) is 132 cm³/mol. The molecule has 0 saturated heterocycles. The number of amides is 1. The lowest BCUT2D eigenvalue weighted by molar-refractivity contribution is 0.0315. The van der Waals surface area contributed by atoms with Crippen LogP contribution in [0.5, 0.6) is 0 Å². The minimum absolute atomic E-state index is 0.308. The summed E-state index contributed by atoms with van der Waals surface area (Å²) in [6, 6.07) is 18.8. The van der Waals surface area contributed by atoms with Gasteiger partial charge in [0, 0.05) is 23.7 Å². The molecule has 1 amide bonds. The number of pyridine rings is 2. The average molecular weight is 462 g/mol. The number of nitrogens with zero attached hydrogens (tertiary/aromatic N) is 2. The van der Waals surface area contributed by atoms with Crippen LogP contribution in [-0.4, -0.2) is 22.5 Å². The number of hydrogen-bond donors (Lipinski definition) is 3. The summed E-state index contributed by atoms with van der Waals surface area (Å²) in [4.78, 5) is 26.3. The lowest BCUT2D eigenvalue weighted by Gasteiger charge is -2.12. The van der Waals surface area contributed by atoms with Crippen LogP contribution in [0.3, 0.4) is 0 Å². The number of carbonyl (C=O) groups is 1. The number of nitrogen functional groups attached to an aromatic ring is 1. The Kier molecular flexibility index (Phi) is 7.02. The van der Waals surface area contributed by atoms with Crippen LogP contribution in [0.15, 0.2) is 66.9 Å². The summed E-state index contributed by atoms with van der Waals surface area (Å²) in [5, 5.41) is 4.69. The summed E-state index contributed by atoms with van der Waals surface area (Å²) in [5.74, 6) is 0.183. The van der Waals surface area contributed by atoms with Gasteiger partial charge in [-0.25, -0.2) is 10.5 Å². The first-order chi connectivity index (χ1) is 16.0. The van der Waals surface area contributed by atoms with Crippen LogP contribution in [0, 0.1) is 0 Å². The molecule has 0 saturated carbocycles. The fourth-order valence-corrected chi connectivity index (χ4v) is 3.59. The monoisotopic (exact) mass is 461 g/mol. The van der Waals surface area contributed by atoms with Crippen LogP contribution in [0.1, 0.15) is 29.3 Å². The molecule has 2 aromatic carbocycles. The maximum Gasteiger partial charge on any atom is 0.276 e. The highest BCUT2D eigenvalue weighted by molar-refractivity contribution is 6.34. The Hall–Kier alpha value is -3.68. The van der Waals surface area contributed by atoms with Crippen molar-refractivity contribution in [1.82, 2.24) is 15.4 Å². The molecule has 7 nitrogen and oxygen atoms in total. The predicted octanol–water partition coefficient (Wildman–Crippen LogP) is 5.22. The summed E-state index contributed by atoms with van der Waals surface area (Å²) >= 11 is 6.36. The van der Waals surface area contributed by atoms with Gasteiger partial charge < -0.3 is 11.1 Å². The zero-order valence-electron chi connectivity index (χ0n) is 18.1. The number of hydroxylamine groups is 1. The van der Waals surface area contributed by atoms with Crippen molar-refractivity contribution in [2.45, 2.75) is 19.9 Å². The molecule has 4 N–H and O–H groups in total. The molecule has 0 aliphatic carbocycles. The summed E-state index contributed by atoms with van der Waals surface area (Å²) in [6.07, 6.45) is 2.58. The van der Waals surface area contributed by atoms with Crippen molar-refractivity contribution in [2.75, 3.05) is 17.7 Å². The molecule has 8 heteroatoms. The molecule has 4 rings (SSSR count). The van der Waals surface area contributed by atoms with Gasteiger partial charge in [-0.15, -0.1) is 0 Å². The molecule has 2 heterocycles. The Morgan fingerprint density at radius 1 is 1.12 bits per heavy atom. The molecule has 0 bridgehead atoms. The van der Waals surface area contributed by atoms with E-state index in [9.17, 15) is 4.79 Å². The molecule has 0 radical (unpaired) electrons. The van der Waals surface area contributed by atoms with Gasteiger partial charge in [-0.2, -0.15) is 0 Å². The van der Waals surface area contributed by atoms with Gasteiger partial charge in [0.2, 0.25) is 0 Å². The quantitative estimate of drug-likeness (QED) is 0.246. The van der Waals surface area contributed by atoms with Crippen molar-refractivity contribution >= 4 is 39.9 Å². The van der Waals surface area contributed by atoms with Gasteiger partial charge in [-0.3, -0.25) is 14.6 Å². The summed E-state index contributed by atoms with van der Waals surface area (Å²) in [7, 11) is 0. The third kappa shape index (κ3) is 5.39. The second-order valence-electron chi connectivity index (χ2n) is 7.49. The normalized spacial score (nSPS) is 10.8. The lowest BCUT2D eigenvalue weighted by atomic mass is 10.1. The van der Waals surface area contributed by atoms with Crippen molar-refractivity contribution in [1.29, 1.82) is 0 Å². The first-order valence-electron chi connectivity index (χ1n) is 10.6. The van der Waals surface area contributed by atoms with Crippen LogP contribution in [-0.2, 0) is 11.4 Å². The van der Waals surface area contributed by atoms with E-state index < -0.39 is 5.91 Å². The first kappa shape index (κ1) is 22.5. The maximum absolute atomic E-state index is 12.2. The van der Waals surface area contributed by atoms with Gasteiger partial charge in [0.15, 0.2) is 0 Å². The molecule has 0 spiro atoms. The molecule has 0 aliphatic rings. The fraction of sp³-hybridized carbons (Fsp3) is 0.160. The molecule has 0 unspecified atom stereocenters. The molecule has 0 aliphatic heterocycles. The van der Waals surface area contributed by atoms with Crippen molar-refractivity contribution < 1.29 is 9.63 Å². The second kappa shape index (κ2) is 10.3. The molecule has 33 heavy (non-hydrogen) atoms. The zero-order valence-corrected chi connectivity index (χ0v) is 18.9. The Morgan fingerprint density at radius 3 is 2.82 bits per heavy atom. The van der Waals surface area contributed by atoms with Crippen molar-refractivity contribution in [2.24, 2.45) is 0 Å². The fourth-order valence-electron chi connectivity index (χ4n) is 3.33. The highest BCUT2D eigenvalue weighted by atomic mass is 35.5. The molecule has 4 aromatic rings. The van der Waals surface area contributed by atoms with E-state index in [1.54, 1.807) is 30.5 Å². The van der Waals surface area contributed by atoms with Gasteiger partial charge >= 0.3 is 0 Å². The maximum atomic E-state index is 12.2. The van der Waals surface area contributed by atoms with E-state index in [0.717, 1.165) is 28.5 Å². The van der Waals surface area contributed by atoms with Crippen LogP contribution in [0.25, 0.3) is 22.2 Å². The number of halogens is 1. The van der Waals surface area contributed by atoms with Crippen LogP contribution in [0.2, 0.25) is 5.02 Å². The van der Waals surface area contributed by atoms with E-state index >= 15 is 0 Å². The van der Waals surface area contributed by atoms with Crippen LogP contribution < -0.4 is 16.5 Å². The van der Waals surface area contributed by atoms with E-state index in [0.29, 0.717) is 40.9 Å². The topological polar surface area (TPSA) is 102 Å². The third-order valence-corrected chi connectivity index (χ3v) is 5.35. The molecular weight excluding hydrogens is 438 g/mol. The van der Waals surface area contributed by atoms with Gasteiger partial charge in [0.25, 0.3) is 5.91 Å². The number of aromatic nitrogens is 2. The number of nitrogens with one attached hydrogen (secondary N) is 2. The van der Waals surface area contributed by atoms with Crippen molar-refractivity contribution in [3.05, 3.63) is 83.0 Å². The standard InChI is InChI=1S/C25H24ClN5O2/c1-2-12-33-31-25(32)19-7-6-18(14-20(19)26)23-10-8-21(27)24(30-23)29-15-16-5-9-22-17(13-16)4-3-11-28-22/h3-11,13-14H,2,12,15,27H2,1H3,(H,29,30)(H,31,32). The number of rotatable bonds is 8. The zero-order chi connectivity index (χ0) is 23.2. The lowest BCUT2D eigenvalue weighted by Crippen LogP contribution is -2.24. The van der Waals surface area contributed by atoms with Gasteiger partial charge in [0.05, 0.1) is 34.1 Å². The Morgan fingerprint density at radius 2 is 2.00 bits per heavy atom. The minimum atomic E-state index is -0.391. The van der Waals surface area contributed by atoms with Gasteiger partial charge in [0.1, 0.15) is 5.82 Å². The Labute approximate surface area is 196 Å². The molecule has 168 valence electrons. The van der Waals surface area contributed by atoms with E-state index in [1.807, 2.05) is 37.3 Å². The van der Waals surface area contributed by atoms with E-state index in [2.05, 4.69) is 26.8 Å². The van der Waals surface area contributed by atoms with E-state index in [-0.39, 0.29) is 0 Å². The van der Waals surface area contributed by atoms with Crippen molar-refractivity contribution in [3.8, 4) is 11.3 Å². The third-order valence-electron chi connectivity index (χ3n) is 5.03. The Bertz CT molecular complexity index is 1300.